The van der Waals surface area contributed by atoms with E-state index in [4.69, 9.17) is 5.73 Å². The lowest BCUT2D eigenvalue weighted by molar-refractivity contribution is 1.56. The summed E-state index contributed by atoms with van der Waals surface area (Å²) < 4.78 is 0. The molecule has 0 radical (unpaired) electrons. The molecule has 2 heteroatoms. The summed E-state index contributed by atoms with van der Waals surface area (Å²) in [4.78, 5) is 3.48. The van der Waals surface area contributed by atoms with Crippen LogP contribution < -0.4 is 5.73 Å². The zero-order chi connectivity index (χ0) is 12.1. The van der Waals surface area contributed by atoms with Crippen molar-refractivity contribution in [2.45, 2.75) is 0 Å². The van der Waals surface area contributed by atoms with Crippen LogP contribution in [0.3, 0.4) is 0 Å². The Morgan fingerprint density at radius 2 is 1.56 bits per heavy atom. The monoisotopic (exact) mass is 232 g/mol. The fourth-order valence-electron chi connectivity index (χ4n) is 2.73. The number of anilines is 1. The van der Waals surface area contributed by atoms with Gasteiger partial charge in [0.05, 0.1) is 5.52 Å². The molecule has 0 aliphatic heterocycles. The number of aromatic amines is 1. The van der Waals surface area contributed by atoms with E-state index in [9.17, 15) is 0 Å². The first kappa shape index (κ1) is 9.54. The van der Waals surface area contributed by atoms with Gasteiger partial charge in [-0.15, -0.1) is 0 Å². The van der Waals surface area contributed by atoms with Gasteiger partial charge in [-0.2, -0.15) is 0 Å². The highest BCUT2D eigenvalue weighted by Crippen LogP contribution is 2.35. The summed E-state index contributed by atoms with van der Waals surface area (Å²) in [5.41, 5.74) is 9.31. The summed E-state index contributed by atoms with van der Waals surface area (Å²) in [7, 11) is 0. The zero-order valence-corrected chi connectivity index (χ0v) is 9.77. The quantitative estimate of drug-likeness (QED) is 0.441. The largest absolute Gasteiger partial charge is 0.398 e. The van der Waals surface area contributed by atoms with E-state index < -0.39 is 0 Å². The van der Waals surface area contributed by atoms with Gasteiger partial charge in [-0.1, -0.05) is 42.5 Å². The maximum atomic E-state index is 6.21. The van der Waals surface area contributed by atoms with E-state index in [1.807, 2.05) is 18.2 Å². The van der Waals surface area contributed by atoms with Crippen molar-refractivity contribution in [1.82, 2.24) is 4.98 Å². The SMILES string of the molecule is Nc1cc2ccccc2c2[nH]c3ccccc3c12. The third kappa shape index (κ3) is 1.12. The highest BCUT2D eigenvalue weighted by Gasteiger charge is 2.10. The first-order chi connectivity index (χ1) is 8.84. The summed E-state index contributed by atoms with van der Waals surface area (Å²) in [5, 5.41) is 4.71. The number of hydrogen-bond donors (Lipinski definition) is 2. The Morgan fingerprint density at radius 3 is 2.44 bits per heavy atom. The van der Waals surface area contributed by atoms with Crippen molar-refractivity contribution in [2.75, 3.05) is 5.73 Å². The van der Waals surface area contributed by atoms with Crippen LogP contribution in [0.25, 0.3) is 32.6 Å². The van der Waals surface area contributed by atoms with Gasteiger partial charge >= 0.3 is 0 Å². The van der Waals surface area contributed by atoms with Crippen LogP contribution in [0.1, 0.15) is 0 Å². The number of fused-ring (bicyclic) bond motifs is 5. The van der Waals surface area contributed by atoms with Gasteiger partial charge in [-0.05, 0) is 17.5 Å². The molecule has 4 aromatic rings. The first-order valence-corrected chi connectivity index (χ1v) is 6.02. The summed E-state index contributed by atoms with van der Waals surface area (Å²) in [6.45, 7) is 0. The Bertz CT molecular complexity index is 887. The maximum absolute atomic E-state index is 6.21. The average molecular weight is 232 g/mol. The molecule has 3 aromatic carbocycles. The normalized spacial score (nSPS) is 11.6. The van der Waals surface area contributed by atoms with Crippen LogP contribution in [0.15, 0.2) is 54.6 Å². The molecule has 0 saturated heterocycles. The molecule has 3 N–H and O–H groups in total. The van der Waals surface area contributed by atoms with E-state index in [0.29, 0.717) is 0 Å². The van der Waals surface area contributed by atoms with Gasteiger partial charge in [0, 0.05) is 27.4 Å². The molecule has 18 heavy (non-hydrogen) atoms. The van der Waals surface area contributed by atoms with Crippen molar-refractivity contribution in [3.05, 3.63) is 54.6 Å². The van der Waals surface area contributed by atoms with Crippen LogP contribution in [0.5, 0.6) is 0 Å². The highest BCUT2D eigenvalue weighted by atomic mass is 14.7. The van der Waals surface area contributed by atoms with Gasteiger partial charge in [0.15, 0.2) is 0 Å². The van der Waals surface area contributed by atoms with Crippen molar-refractivity contribution in [1.29, 1.82) is 0 Å². The Morgan fingerprint density at radius 1 is 0.833 bits per heavy atom. The molecule has 4 rings (SSSR count). The Kier molecular flexibility index (Phi) is 1.73. The van der Waals surface area contributed by atoms with Crippen molar-refractivity contribution in [3.63, 3.8) is 0 Å². The fourth-order valence-corrected chi connectivity index (χ4v) is 2.73. The van der Waals surface area contributed by atoms with Gasteiger partial charge in [0.25, 0.3) is 0 Å². The summed E-state index contributed by atoms with van der Waals surface area (Å²) >= 11 is 0. The molecule has 2 nitrogen and oxygen atoms in total. The second-order valence-electron chi connectivity index (χ2n) is 4.61. The molecular weight excluding hydrogens is 220 g/mol. The first-order valence-electron chi connectivity index (χ1n) is 6.02. The molecule has 0 unspecified atom stereocenters. The molecule has 0 saturated carbocycles. The molecule has 0 fully saturated rings. The van der Waals surface area contributed by atoms with Crippen LogP contribution in [0, 0.1) is 0 Å². The predicted octanol–water partition coefficient (Wildman–Crippen LogP) is 4.06. The minimum atomic E-state index is 0.834. The number of hydrogen-bond acceptors (Lipinski definition) is 1. The van der Waals surface area contributed by atoms with Crippen molar-refractivity contribution in [3.8, 4) is 0 Å². The number of nitrogen functional groups attached to an aromatic ring is 1. The molecule has 0 amide bonds. The third-order valence-corrected chi connectivity index (χ3v) is 3.54. The molecule has 0 aliphatic carbocycles. The van der Waals surface area contributed by atoms with E-state index in [-0.39, 0.29) is 0 Å². The summed E-state index contributed by atoms with van der Waals surface area (Å²) in [5.74, 6) is 0. The van der Waals surface area contributed by atoms with E-state index in [0.717, 1.165) is 22.1 Å². The molecule has 0 atom stereocenters. The Labute approximate surface area is 104 Å². The average Bonchev–Trinajstić information content (AvgIpc) is 2.79. The second kappa shape index (κ2) is 3.26. The zero-order valence-electron chi connectivity index (χ0n) is 9.77. The van der Waals surface area contributed by atoms with E-state index in [1.54, 1.807) is 0 Å². The van der Waals surface area contributed by atoms with Crippen molar-refractivity contribution >= 4 is 38.3 Å². The lowest BCUT2D eigenvalue weighted by Crippen LogP contribution is -1.86. The lowest BCUT2D eigenvalue weighted by Gasteiger charge is -2.03. The molecule has 86 valence electrons. The maximum Gasteiger partial charge on any atom is 0.0565 e. The molecule has 1 heterocycles. The van der Waals surface area contributed by atoms with Crippen LogP contribution in [0.2, 0.25) is 0 Å². The molecular formula is C16H12N2. The van der Waals surface area contributed by atoms with E-state index in [1.165, 1.54) is 16.2 Å². The number of nitrogens with two attached hydrogens (primary N) is 1. The Hall–Kier alpha value is -2.48. The van der Waals surface area contributed by atoms with Crippen molar-refractivity contribution < 1.29 is 0 Å². The van der Waals surface area contributed by atoms with E-state index in [2.05, 4.69) is 41.4 Å². The number of H-pyrrole nitrogens is 1. The van der Waals surface area contributed by atoms with Crippen LogP contribution in [0.4, 0.5) is 5.69 Å². The minimum Gasteiger partial charge on any atom is -0.398 e. The molecule has 1 aromatic heterocycles. The summed E-state index contributed by atoms with van der Waals surface area (Å²) in [6.07, 6.45) is 0. The van der Waals surface area contributed by atoms with Crippen LogP contribution in [-0.2, 0) is 0 Å². The van der Waals surface area contributed by atoms with Gasteiger partial charge in [-0.3, -0.25) is 0 Å². The smallest absolute Gasteiger partial charge is 0.0565 e. The van der Waals surface area contributed by atoms with Crippen LogP contribution in [-0.4, -0.2) is 4.98 Å². The fraction of sp³-hybridized carbons (Fsp3) is 0. The topological polar surface area (TPSA) is 41.8 Å². The van der Waals surface area contributed by atoms with Gasteiger partial charge in [0.1, 0.15) is 0 Å². The standard InChI is InChI=1S/C16H12N2/c17-13-9-10-5-1-2-6-11(10)16-15(13)12-7-3-4-8-14(12)18-16/h1-9,18H,17H2. The number of nitrogens with one attached hydrogen (secondary N) is 1. The van der Waals surface area contributed by atoms with E-state index >= 15 is 0 Å². The number of benzene rings is 3. The second-order valence-corrected chi connectivity index (χ2v) is 4.61. The molecule has 0 spiro atoms. The highest BCUT2D eigenvalue weighted by molar-refractivity contribution is 6.21. The van der Waals surface area contributed by atoms with Crippen molar-refractivity contribution in [2.24, 2.45) is 0 Å². The molecule has 0 aliphatic rings. The number of para-hydroxylation sites is 1. The minimum absolute atomic E-state index is 0.834. The van der Waals surface area contributed by atoms with Gasteiger partial charge < -0.3 is 10.7 Å². The number of aromatic nitrogens is 1. The summed E-state index contributed by atoms with van der Waals surface area (Å²) in [6, 6.07) is 18.7. The predicted molar refractivity (Wildman–Crippen MR) is 77.7 cm³/mol. The Balaban J connectivity index is 2.38. The number of rotatable bonds is 0. The van der Waals surface area contributed by atoms with Gasteiger partial charge in [0.2, 0.25) is 0 Å². The molecule has 0 bridgehead atoms. The third-order valence-electron chi connectivity index (χ3n) is 3.54. The lowest BCUT2D eigenvalue weighted by atomic mass is 10.0. The van der Waals surface area contributed by atoms with Gasteiger partial charge in [-0.25, -0.2) is 0 Å². The van der Waals surface area contributed by atoms with Crippen LogP contribution >= 0.6 is 0 Å².